The van der Waals surface area contributed by atoms with Gasteiger partial charge in [0.1, 0.15) is 5.75 Å². The summed E-state index contributed by atoms with van der Waals surface area (Å²) in [6.07, 6.45) is 1.93. The molecule has 0 radical (unpaired) electrons. The monoisotopic (exact) mass is 283 g/mol. The molecule has 1 amide bonds. The molecule has 4 nitrogen and oxygen atoms in total. The predicted molar refractivity (Wildman–Crippen MR) is 73.7 cm³/mol. The summed E-state index contributed by atoms with van der Waals surface area (Å²) in [5.74, 6) is -0.0761. The van der Waals surface area contributed by atoms with Crippen LogP contribution in [-0.4, -0.2) is 41.7 Å². The smallest absolute Gasteiger partial charge is 0.255 e. The van der Waals surface area contributed by atoms with E-state index in [9.17, 15) is 9.90 Å². The van der Waals surface area contributed by atoms with Gasteiger partial charge < -0.3 is 14.7 Å². The molecule has 1 aliphatic heterocycles. The molecule has 1 aliphatic rings. The van der Waals surface area contributed by atoms with Gasteiger partial charge >= 0.3 is 0 Å². The summed E-state index contributed by atoms with van der Waals surface area (Å²) in [5, 5.41) is 9.82. The first-order valence-corrected chi connectivity index (χ1v) is 6.89. The molecule has 0 aromatic heterocycles. The topological polar surface area (TPSA) is 49.8 Å². The van der Waals surface area contributed by atoms with Crippen molar-refractivity contribution in [2.24, 2.45) is 0 Å². The molecule has 1 N–H and O–H groups in total. The molecule has 1 fully saturated rings. The fourth-order valence-electron chi connectivity index (χ4n) is 2.31. The molecule has 1 heterocycles. The number of ether oxygens (including phenoxy) is 1. The van der Waals surface area contributed by atoms with Crippen molar-refractivity contribution in [3.63, 3.8) is 0 Å². The number of hydrogen-bond donors (Lipinski definition) is 1. The average Bonchev–Trinajstić information content (AvgIpc) is 2.42. The van der Waals surface area contributed by atoms with Crippen molar-refractivity contribution in [3.8, 4) is 5.75 Å². The molecule has 0 aliphatic carbocycles. The van der Waals surface area contributed by atoms with Crippen LogP contribution in [0, 0.1) is 0 Å². The molecule has 0 atom stereocenters. The van der Waals surface area contributed by atoms with Gasteiger partial charge in [0.25, 0.3) is 5.91 Å². The molecule has 0 unspecified atom stereocenters. The molecule has 0 bridgehead atoms. The maximum Gasteiger partial charge on any atom is 0.255 e. The summed E-state index contributed by atoms with van der Waals surface area (Å²) in [6, 6.07) is 4.43. The molecule has 5 heteroatoms. The molecule has 0 saturated carbocycles. The Kier molecular flexibility index (Phi) is 4.66. The highest BCUT2D eigenvalue weighted by molar-refractivity contribution is 6.33. The lowest BCUT2D eigenvalue weighted by Crippen LogP contribution is -2.41. The zero-order chi connectivity index (χ0) is 13.8. The number of amides is 1. The van der Waals surface area contributed by atoms with Crippen molar-refractivity contribution in [3.05, 3.63) is 28.8 Å². The van der Waals surface area contributed by atoms with Gasteiger partial charge in [-0.05, 0) is 38.0 Å². The number of phenolic OH excluding ortho intramolecular Hbond substituents is 1. The molecule has 19 heavy (non-hydrogen) atoms. The van der Waals surface area contributed by atoms with Gasteiger partial charge in [0.15, 0.2) is 0 Å². The predicted octanol–water partition coefficient (Wildman–Crippen LogP) is 2.69. The Hall–Kier alpha value is -1.26. The second-order valence-corrected chi connectivity index (χ2v) is 5.02. The minimum absolute atomic E-state index is 0.0527. The second-order valence-electron chi connectivity index (χ2n) is 4.61. The van der Waals surface area contributed by atoms with Gasteiger partial charge in [-0.1, -0.05) is 11.6 Å². The Morgan fingerprint density at radius 1 is 1.47 bits per heavy atom. The normalized spacial score (nSPS) is 16.6. The molecule has 0 spiro atoms. The van der Waals surface area contributed by atoms with Gasteiger partial charge in [-0.25, -0.2) is 0 Å². The number of piperidine rings is 1. The van der Waals surface area contributed by atoms with Crippen LogP contribution in [0.15, 0.2) is 18.2 Å². The van der Waals surface area contributed by atoms with E-state index in [0.29, 0.717) is 30.3 Å². The third-order valence-electron chi connectivity index (χ3n) is 3.31. The maximum absolute atomic E-state index is 12.3. The second kappa shape index (κ2) is 6.26. The van der Waals surface area contributed by atoms with E-state index in [0.717, 1.165) is 12.8 Å². The number of phenols is 1. The van der Waals surface area contributed by atoms with Crippen molar-refractivity contribution in [1.29, 1.82) is 0 Å². The minimum atomic E-state index is -0.129. The lowest BCUT2D eigenvalue weighted by molar-refractivity contribution is 0.0146. The number of likely N-dealkylation sites (tertiary alicyclic amines) is 1. The van der Waals surface area contributed by atoms with Crippen molar-refractivity contribution in [2.75, 3.05) is 19.7 Å². The van der Waals surface area contributed by atoms with E-state index < -0.39 is 0 Å². The van der Waals surface area contributed by atoms with E-state index in [1.807, 2.05) is 6.92 Å². The Balaban J connectivity index is 2.03. The van der Waals surface area contributed by atoms with Gasteiger partial charge in [-0.3, -0.25) is 4.79 Å². The summed E-state index contributed by atoms with van der Waals surface area (Å²) in [6.45, 7) is 4.01. The number of hydrogen-bond acceptors (Lipinski definition) is 3. The number of carbonyl (C=O) groups is 1. The zero-order valence-electron chi connectivity index (χ0n) is 10.9. The van der Waals surface area contributed by atoms with Gasteiger partial charge in [-0.2, -0.15) is 0 Å². The summed E-state index contributed by atoms with van der Waals surface area (Å²) in [4.78, 5) is 14.1. The molecular formula is C14H18ClNO3. The quantitative estimate of drug-likeness (QED) is 0.928. The highest BCUT2D eigenvalue weighted by Crippen LogP contribution is 2.24. The van der Waals surface area contributed by atoms with E-state index >= 15 is 0 Å². The minimum Gasteiger partial charge on any atom is -0.508 e. The Labute approximate surface area is 117 Å². The average molecular weight is 284 g/mol. The first-order valence-electron chi connectivity index (χ1n) is 6.51. The van der Waals surface area contributed by atoms with E-state index in [4.69, 9.17) is 16.3 Å². The summed E-state index contributed by atoms with van der Waals surface area (Å²) >= 11 is 6.01. The third-order valence-corrected chi connectivity index (χ3v) is 3.64. The van der Waals surface area contributed by atoms with Crippen LogP contribution >= 0.6 is 11.6 Å². The molecule has 1 saturated heterocycles. The Morgan fingerprint density at radius 3 is 2.79 bits per heavy atom. The summed E-state index contributed by atoms with van der Waals surface area (Å²) in [5.41, 5.74) is 0.358. The van der Waals surface area contributed by atoms with Crippen LogP contribution < -0.4 is 0 Å². The van der Waals surface area contributed by atoms with Crippen LogP contribution in [0.3, 0.4) is 0 Å². The van der Waals surface area contributed by atoms with Crippen molar-refractivity contribution in [1.82, 2.24) is 4.90 Å². The summed E-state index contributed by atoms with van der Waals surface area (Å²) < 4.78 is 5.56. The zero-order valence-corrected chi connectivity index (χ0v) is 11.7. The van der Waals surface area contributed by atoms with Gasteiger partial charge in [0.2, 0.25) is 0 Å². The van der Waals surface area contributed by atoms with Crippen LogP contribution in [0.4, 0.5) is 0 Å². The number of halogens is 1. The maximum atomic E-state index is 12.3. The van der Waals surface area contributed by atoms with Crippen LogP contribution in [0.1, 0.15) is 30.1 Å². The first-order chi connectivity index (χ1) is 9.11. The van der Waals surface area contributed by atoms with Crippen molar-refractivity contribution in [2.45, 2.75) is 25.9 Å². The molecule has 1 aromatic rings. The van der Waals surface area contributed by atoms with E-state index in [2.05, 4.69) is 0 Å². The first kappa shape index (κ1) is 14.2. The summed E-state index contributed by atoms with van der Waals surface area (Å²) in [7, 11) is 0. The fraction of sp³-hybridized carbons (Fsp3) is 0.500. The Bertz CT molecular complexity index is 456. The van der Waals surface area contributed by atoms with Gasteiger partial charge in [0.05, 0.1) is 16.7 Å². The number of nitrogens with zero attached hydrogens (tertiary/aromatic N) is 1. The SMILES string of the molecule is CCOC1CCN(C(=O)c2cc(O)ccc2Cl)CC1. The Morgan fingerprint density at radius 2 is 2.16 bits per heavy atom. The van der Waals surface area contributed by atoms with Crippen molar-refractivity contribution < 1.29 is 14.6 Å². The number of aromatic hydroxyl groups is 1. The largest absolute Gasteiger partial charge is 0.508 e. The number of rotatable bonds is 3. The van der Waals surface area contributed by atoms with Crippen LogP contribution in [0.25, 0.3) is 0 Å². The van der Waals surface area contributed by atoms with Crippen LogP contribution in [0.2, 0.25) is 5.02 Å². The molecular weight excluding hydrogens is 266 g/mol. The van der Waals surface area contributed by atoms with Crippen LogP contribution in [-0.2, 0) is 4.74 Å². The standard InChI is InChI=1S/C14H18ClNO3/c1-2-19-11-5-7-16(8-6-11)14(18)12-9-10(17)3-4-13(12)15/h3-4,9,11,17H,2,5-8H2,1H3. The van der Waals surface area contributed by atoms with E-state index in [1.54, 1.807) is 4.90 Å². The molecule has 1 aromatic carbocycles. The molecule has 2 rings (SSSR count). The molecule has 104 valence electrons. The van der Waals surface area contributed by atoms with E-state index in [1.165, 1.54) is 18.2 Å². The van der Waals surface area contributed by atoms with Crippen molar-refractivity contribution >= 4 is 17.5 Å². The highest BCUT2D eigenvalue weighted by atomic mass is 35.5. The highest BCUT2D eigenvalue weighted by Gasteiger charge is 2.25. The lowest BCUT2D eigenvalue weighted by Gasteiger charge is -2.32. The van der Waals surface area contributed by atoms with Crippen LogP contribution in [0.5, 0.6) is 5.75 Å². The number of benzene rings is 1. The van der Waals surface area contributed by atoms with Gasteiger partial charge in [0, 0.05) is 19.7 Å². The third kappa shape index (κ3) is 3.39. The van der Waals surface area contributed by atoms with Gasteiger partial charge in [-0.15, -0.1) is 0 Å². The van der Waals surface area contributed by atoms with E-state index in [-0.39, 0.29) is 17.8 Å². The number of carbonyl (C=O) groups excluding carboxylic acids is 1. The fourth-order valence-corrected chi connectivity index (χ4v) is 2.51. The lowest BCUT2D eigenvalue weighted by atomic mass is 10.1.